The fourth-order valence-corrected chi connectivity index (χ4v) is 4.43. The van der Waals surface area contributed by atoms with Crippen LogP contribution in [0.2, 0.25) is 0 Å². The second-order valence-corrected chi connectivity index (χ2v) is 8.35. The van der Waals surface area contributed by atoms with Crippen molar-refractivity contribution in [1.82, 2.24) is 24.4 Å². The van der Waals surface area contributed by atoms with Gasteiger partial charge in [0.25, 0.3) is 0 Å². The molecular formula is C16H19IN5P. The molecule has 1 unspecified atom stereocenters. The quantitative estimate of drug-likeness (QED) is 0.499. The molecule has 0 saturated carbocycles. The standard InChI is InChI=1S/C16H19IN5P/c1-11-4-12(6-18-11)9-21-3-2-13-5-14(7-19-16(13)21)15-8-20-22(10-15)23-17/h2-3,5,7-8,10-12,18,23H,4,6,9H2,1H3/t11-,12+/m1/s1. The molecule has 1 N–H and O–H groups in total. The lowest BCUT2D eigenvalue weighted by Crippen LogP contribution is -2.17. The molecule has 5 nitrogen and oxygen atoms in total. The zero-order chi connectivity index (χ0) is 15.8. The predicted molar refractivity (Wildman–Crippen MR) is 104 cm³/mol. The molecule has 0 radical (unpaired) electrons. The normalized spacial score (nSPS) is 21.8. The van der Waals surface area contributed by atoms with Gasteiger partial charge in [0.1, 0.15) is 5.65 Å². The van der Waals surface area contributed by atoms with Crippen LogP contribution in [0, 0.1) is 5.92 Å². The number of hydrogen-bond donors (Lipinski definition) is 1. The van der Waals surface area contributed by atoms with Gasteiger partial charge in [0, 0.05) is 47.7 Å². The smallest absolute Gasteiger partial charge is 0.139 e. The van der Waals surface area contributed by atoms with Crippen molar-refractivity contribution in [2.45, 2.75) is 25.9 Å². The van der Waals surface area contributed by atoms with Crippen LogP contribution in [0.1, 0.15) is 13.3 Å². The Morgan fingerprint density at radius 3 is 3.04 bits per heavy atom. The van der Waals surface area contributed by atoms with Crippen LogP contribution in [-0.2, 0) is 6.54 Å². The zero-order valence-corrected chi connectivity index (χ0v) is 16.1. The Labute approximate surface area is 150 Å². The number of aromatic nitrogens is 4. The number of nitrogens with one attached hydrogen (secondary N) is 1. The molecule has 120 valence electrons. The van der Waals surface area contributed by atoms with E-state index in [1.807, 2.05) is 16.8 Å². The minimum absolute atomic E-state index is 0.627. The Morgan fingerprint density at radius 1 is 1.39 bits per heavy atom. The van der Waals surface area contributed by atoms with Crippen molar-refractivity contribution in [3.8, 4) is 11.1 Å². The molecule has 4 rings (SSSR count). The van der Waals surface area contributed by atoms with Gasteiger partial charge in [-0.3, -0.25) is 0 Å². The van der Waals surface area contributed by atoms with Crippen LogP contribution < -0.4 is 5.32 Å². The molecule has 3 aromatic rings. The average molecular weight is 439 g/mol. The molecule has 1 saturated heterocycles. The summed E-state index contributed by atoms with van der Waals surface area (Å²) in [6.45, 7) is 4.41. The molecule has 0 aliphatic carbocycles. The van der Waals surface area contributed by atoms with Gasteiger partial charge < -0.3 is 9.88 Å². The van der Waals surface area contributed by atoms with Crippen molar-refractivity contribution < 1.29 is 0 Å². The molecule has 4 heterocycles. The summed E-state index contributed by atoms with van der Waals surface area (Å²) in [4.78, 5) is 4.72. The van der Waals surface area contributed by atoms with E-state index in [2.05, 4.69) is 68.5 Å². The fraction of sp³-hybridized carbons (Fsp3) is 0.375. The Balaban J connectivity index is 1.60. The van der Waals surface area contributed by atoms with Crippen LogP contribution >= 0.6 is 28.4 Å². The number of nitrogens with zero attached hydrogens (tertiary/aromatic N) is 4. The number of halogens is 1. The monoisotopic (exact) mass is 439 g/mol. The number of rotatable bonds is 4. The predicted octanol–water partition coefficient (Wildman–Crippen LogP) is 3.69. The maximum atomic E-state index is 4.72. The highest BCUT2D eigenvalue weighted by Gasteiger charge is 2.21. The van der Waals surface area contributed by atoms with Crippen molar-refractivity contribution in [3.05, 3.63) is 36.9 Å². The van der Waals surface area contributed by atoms with Gasteiger partial charge in [-0.15, -0.1) is 0 Å². The van der Waals surface area contributed by atoms with E-state index < -0.39 is 0 Å². The first kappa shape index (κ1) is 15.5. The molecule has 3 atom stereocenters. The van der Waals surface area contributed by atoms with E-state index in [0.29, 0.717) is 18.3 Å². The van der Waals surface area contributed by atoms with Crippen molar-refractivity contribution in [3.63, 3.8) is 0 Å². The molecule has 0 amide bonds. The summed E-state index contributed by atoms with van der Waals surface area (Å²) in [5.74, 6) is 0.699. The van der Waals surface area contributed by atoms with Gasteiger partial charge in [0.05, 0.1) is 12.6 Å². The third-order valence-electron chi connectivity index (χ3n) is 4.50. The molecule has 1 fully saturated rings. The number of fused-ring (bicyclic) bond motifs is 1. The van der Waals surface area contributed by atoms with Crippen LogP contribution in [0.3, 0.4) is 0 Å². The highest BCUT2D eigenvalue weighted by atomic mass is 127. The number of pyridine rings is 1. The van der Waals surface area contributed by atoms with Gasteiger partial charge in [-0.25, -0.2) is 9.44 Å². The second kappa shape index (κ2) is 6.49. The van der Waals surface area contributed by atoms with Crippen LogP contribution in [0.4, 0.5) is 0 Å². The minimum Gasteiger partial charge on any atom is -0.332 e. The lowest BCUT2D eigenvalue weighted by molar-refractivity contribution is 0.481. The summed E-state index contributed by atoms with van der Waals surface area (Å²) in [6.07, 6.45) is 10.00. The van der Waals surface area contributed by atoms with Crippen LogP contribution in [-0.4, -0.2) is 31.7 Å². The second-order valence-electron chi connectivity index (χ2n) is 6.27. The van der Waals surface area contributed by atoms with Gasteiger partial charge in [-0.2, -0.15) is 5.10 Å². The lowest BCUT2D eigenvalue weighted by Gasteiger charge is -2.11. The topological polar surface area (TPSA) is 47.7 Å². The average Bonchev–Trinajstić information content (AvgIpc) is 3.28. The maximum Gasteiger partial charge on any atom is 0.139 e. The Hall–Kier alpha value is -0.980. The van der Waals surface area contributed by atoms with Gasteiger partial charge in [0.2, 0.25) is 0 Å². The van der Waals surface area contributed by atoms with Gasteiger partial charge >= 0.3 is 0 Å². The molecule has 1 aliphatic heterocycles. The maximum absolute atomic E-state index is 4.72. The van der Waals surface area contributed by atoms with E-state index in [9.17, 15) is 0 Å². The molecule has 0 aromatic carbocycles. The van der Waals surface area contributed by atoms with Gasteiger partial charge in [0.15, 0.2) is 0 Å². The first-order valence-electron chi connectivity index (χ1n) is 7.83. The van der Waals surface area contributed by atoms with E-state index in [-0.39, 0.29) is 0 Å². The Bertz CT molecular complexity index is 827. The first-order valence-corrected chi connectivity index (χ1v) is 11.9. The third-order valence-corrected chi connectivity index (χ3v) is 6.40. The van der Waals surface area contributed by atoms with Crippen molar-refractivity contribution in [1.29, 1.82) is 0 Å². The van der Waals surface area contributed by atoms with E-state index in [1.54, 1.807) is 0 Å². The van der Waals surface area contributed by atoms with Crippen molar-refractivity contribution >= 4 is 39.4 Å². The summed E-state index contributed by atoms with van der Waals surface area (Å²) in [5.41, 5.74) is 3.34. The lowest BCUT2D eigenvalue weighted by atomic mass is 10.1. The summed E-state index contributed by atoms with van der Waals surface area (Å²) in [5, 5.41) is 9.08. The molecular weight excluding hydrogens is 420 g/mol. The van der Waals surface area contributed by atoms with E-state index in [1.165, 1.54) is 11.8 Å². The largest absolute Gasteiger partial charge is 0.332 e. The van der Waals surface area contributed by atoms with Gasteiger partial charge in [-0.1, -0.05) is 0 Å². The minimum atomic E-state index is 0.627. The van der Waals surface area contributed by atoms with Crippen LogP contribution in [0.15, 0.2) is 36.9 Å². The SMILES string of the molecule is C[C@@H]1C[C@H](Cn2ccc3cc(-c4cnn(PI)c4)cnc32)CN1. The van der Waals surface area contributed by atoms with Crippen molar-refractivity contribution in [2.75, 3.05) is 6.54 Å². The summed E-state index contributed by atoms with van der Waals surface area (Å²) >= 11 is 2.33. The molecule has 23 heavy (non-hydrogen) atoms. The molecule has 7 heteroatoms. The van der Waals surface area contributed by atoms with Crippen LogP contribution in [0.25, 0.3) is 22.2 Å². The Kier molecular flexibility index (Phi) is 4.39. The number of hydrogen-bond acceptors (Lipinski definition) is 3. The van der Waals surface area contributed by atoms with E-state index >= 15 is 0 Å². The molecule has 0 spiro atoms. The summed E-state index contributed by atoms with van der Waals surface area (Å²) in [7, 11) is 0. The molecule has 3 aromatic heterocycles. The van der Waals surface area contributed by atoms with Gasteiger partial charge in [-0.05, 0) is 60.0 Å². The molecule has 1 aliphatic rings. The van der Waals surface area contributed by atoms with Crippen LogP contribution in [0.5, 0.6) is 0 Å². The Morgan fingerprint density at radius 2 is 2.30 bits per heavy atom. The highest BCUT2D eigenvalue weighted by Crippen LogP contribution is 2.28. The first-order chi connectivity index (χ1) is 11.2. The fourth-order valence-electron chi connectivity index (χ4n) is 3.35. The van der Waals surface area contributed by atoms with E-state index in [0.717, 1.165) is 29.9 Å². The molecule has 0 bridgehead atoms. The van der Waals surface area contributed by atoms with E-state index in [4.69, 9.17) is 4.98 Å². The van der Waals surface area contributed by atoms with Crippen molar-refractivity contribution in [2.24, 2.45) is 5.92 Å². The zero-order valence-electron chi connectivity index (χ0n) is 12.9. The summed E-state index contributed by atoms with van der Waals surface area (Å²) in [6, 6.07) is 5.02. The third kappa shape index (κ3) is 3.16. The highest BCUT2D eigenvalue weighted by molar-refractivity contribution is 14.2. The summed E-state index contributed by atoms with van der Waals surface area (Å²) < 4.78 is 4.25.